The molecule has 0 unspecified atom stereocenters. The molecule has 2 aromatic rings. The number of aryl methyl sites for hydroxylation is 2. The van der Waals surface area contributed by atoms with Gasteiger partial charge in [0.2, 0.25) is 5.91 Å². The summed E-state index contributed by atoms with van der Waals surface area (Å²) in [7, 11) is 0. The molecule has 0 aliphatic carbocycles. The summed E-state index contributed by atoms with van der Waals surface area (Å²) in [6.45, 7) is 6.75. The number of para-hydroxylation sites is 2. The number of amides is 2. The number of hydrogen-bond donors (Lipinski definition) is 2. The van der Waals surface area contributed by atoms with Crippen LogP contribution in [0.15, 0.2) is 42.5 Å². The summed E-state index contributed by atoms with van der Waals surface area (Å²) < 4.78 is 5.47. The molecular weight excluding hydrogens is 328 g/mol. The van der Waals surface area contributed by atoms with Crippen LogP contribution in [0.1, 0.15) is 41.3 Å². The highest BCUT2D eigenvalue weighted by atomic mass is 16.5. The van der Waals surface area contributed by atoms with Crippen molar-refractivity contribution in [3.05, 3.63) is 59.2 Å². The molecule has 0 saturated carbocycles. The average molecular weight is 354 g/mol. The van der Waals surface area contributed by atoms with Crippen LogP contribution in [0.5, 0.6) is 5.75 Å². The van der Waals surface area contributed by atoms with Gasteiger partial charge in [-0.3, -0.25) is 9.59 Å². The molecule has 0 aliphatic heterocycles. The molecule has 5 nitrogen and oxygen atoms in total. The molecule has 2 amide bonds. The second kappa shape index (κ2) is 9.61. The van der Waals surface area contributed by atoms with Crippen LogP contribution in [0.2, 0.25) is 0 Å². The highest BCUT2D eigenvalue weighted by molar-refractivity contribution is 5.97. The Balaban J connectivity index is 1.80. The van der Waals surface area contributed by atoms with Crippen molar-refractivity contribution in [3.63, 3.8) is 0 Å². The second-order valence-corrected chi connectivity index (χ2v) is 6.10. The summed E-state index contributed by atoms with van der Waals surface area (Å²) in [6.07, 6.45) is 0.917. The molecule has 26 heavy (non-hydrogen) atoms. The van der Waals surface area contributed by atoms with E-state index in [1.54, 1.807) is 18.2 Å². The SMILES string of the molecule is CCOc1ccccc1C(=O)NCCCC(=O)Nc1c(C)cccc1C. The fourth-order valence-corrected chi connectivity index (χ4v) is 2.70. The molecule has 0 fully saturated rings. The van der Waals surface area contributed by atoms with Crippen molar-refractivity contribution < 1.29 is 14.3 Å². The molecule has 0 radical (unpaired) electrons. The lowest BCUT2D eigenvalue weighted by Crippen LogP contribution is -2.26. The molecule has 0 atom stereocenters. The maximum Gasteiger partial charge on any atom is 0.255 e. The van der Waals surface area contributed by atoms with Crippen molar-refractivity contribution in [1.29, 1.82) is 0 Å². The molecule has 5 heteroatoms. The molecule has 0 saturated heterocycles. The van der Waals surface area contributed by atoms with E-state index in [1.807, 2.05) is 45.0 Å². The van der Waals surface area contributed by atoms with Crippen LogP contribution in [0.4, 0.5) is 5.69 Å². The molecule has 2 rings (SSSR count). The molecular formula is C21H26N2O3. The first-order chi connectivity index (χ1) is 12.5. The van der Waals surface area contributed by atoms with E-state index in [1.165, 1.54) is 0 Å². The minimum absolute atomic E-state index is 0.0497. The number of ether oxygens (including phenoxy) is 1. The first-order valence-corrected chi connectivity index (χ1v) is 8.89. The Morgan fingerprint density at radius 2 is 1.69 bits per heavy atom. The van der Waals surface area contributed by atoms with Gasteiger partial charge in [0.25, 0.3) is 5.91 Å². The van der Waals surface area contributed by atoms with Gasteiger partial charge < -0.3 is 15.4 Å². The smallest absolute Gasteiger partial charge is 0.255 e. The Morgan fingerprint density at radius 1 is 1.00 bits per heavy atom. The normalized spacial score (nSPS) is 10.3. The van der Waals surface area contributed by atoms with Crippen molar-refractivity contribution in [2.75, 3.05) is 18.5 Å². The van der Waals surface area contributed by atoms with E-state index in [0.29, 0.717) is 37.3 Å². The first kappa shape index (κ1) is 19.5. The lowest BCUT2D eigenvalue weighted by Gasteiger charge is -2.12. The quantitative estimate of drug-likeness (QED) is 0.708. The zero-order valence-corrected chi connectivity index (χ0v) is 15.6. The third-order valence-electron chi connectivity index (χ3n) is 4.04. The molecule has 2 N–H and O–H groups in total. The van der Waals surface area contributed by atoms with Gasteiger partial charge in [-0.1, -0.05) is 30.3 Å². The van der Waals surface area contributed by atoms with Gasteiger partial charge in [-0.05, 0) is 50.5 Å². The van der Waals surface area contributed by atoms with E-state index in [9.17, 15) is 9.59 Å². The summed E-state index contributed by atoms with van der Waals surface area (Å²) in [5.41, 5.74) is 3.46. The van der Waals surface area contributed by atoms with Gasteiger partial charge >= 0.3 is 0 Å². The average Bonchev–Trinajstić information content (AvgIpc) is 2.62. The molecule has 0 spiro atoms. The Bertz CT molecular complexity index is 751. The van der Waals surface area contributed by atoms with E-state index in [0.717, 1.165) is 16.8 Å². The van der Waals surface area contributed by atoms with Crippen molar-refractivity contribution in [1.82, 2.24) is 5.32 Å². The zero-order valence-electron chi connectivity index (χ0n) is 15.6. The number of benzene rings is 2. The van der Waals surface area contributed by atoms with Crippen LogP contribution in [0.3, 0.4) is 0 Å². The fraction of sp³-hybridized carbons (Fsp3) is 0.333. The fourth-order valence-electron chi connectivity index (χ4n) is 2.70. The Morgan fingerprint density at radius 3 is 2.38 bits per heavy atom. The summed E-state index contributed by atoms with van der Waals surface area (Å²) >= 11 is 0. The minimum atomic E-state index is -0.191. The topological polar surface area (TPSA) is 67.4 Å². The summed E-state index contributed by atoms with van der Waals surface area (Å²) in [5, 5.41) is 5.79. The predicted octanol–water partition coefficient (Wildman–Crippen LogP) is 3.85. The van der Waals surface area contributed by atoms with E-state index in [4.69, 9.17) is 4.74 Å². The maximum atomic E-state index is 12.3. The number of anilines is 1. The van der Waals surface area contributed by atoms with Crippen LogP contribution < -0.4 is 15.4 Å². The molecule has 138 valence electrons. The van der Waals surface area contributed by atoms with Crippen LogP contribution in [0, 0.1) is 13.8 Å². The molecule has 0 aliphatic rings. The molecule has 0 heterocycles. The number of nitrogens with one attached hydrogen (secondary N) is 2. The van der Waals surface area contributed by atoms with Crippen molar-refractivity contribution >= 4 is 17.5 Å². The Hall–Kier alpha value is -2.82. The summed E-state index contributed by atoms with van der Waals surface area (Å²) in [6, 6.07) is 13.0. The van der Waals surface area contributed by atoms with Crippen molar-refractivity contribution in [2.24, 2.45) is 0 Å². The second-order valence-electron chi connectivity index (χ2n) is 6.10. The summed E-state index contributed by atoms with van der Waals surface area (Å²) in [5.74, 6) is 0.329. The Labute approximate surface area is 154 Å². The van der Waals surface area contributed by atoms with E-state index in [-0.39, 0.29) is 11.8 Å². The maximum absolute atomic E-state index is 12.3. The van der Waals surface area contributed by atoms with Gasteiger partial charge in [0, 0.05) is 18.7 Å². The van der Waals surface area contributed by atoms with E-state index >= 15 is 0 Å². The van der Waals surface area contributed by atoms with Crippen LogP contribution in [0.25, 0.3) is 0 Å². The van der Waals surface area contributed by atoms with Crippen molar-refractivity contribution in [3.8, 4) is 5.75 Å². The van der Waals surface area contributed by atoms with E-state index in [2.05, 4.69) is 10.6 Å². The highest BCUT2D eigenvalue weighted by Gasteiger charge is 2.12. The number of carbonyl (C=O) groups is 2. The minimum Gasteiger partial charge on any atom is -0.493 e. The third kappa shape index (κ3) is 5.34. The van der Waals surface area contributed by atoms with Crippen LogP contribution >= 0.6 is 0 Å². The largest absolute Gasteiger partial charge is 0.493 e. The third-order valence-corrected chi connectivity index (χ3v) is 4.04. The lowest BCUT2D eigenvalue weighted by atomic mass is 10.1. The van der Waals surface area contributed by atoms with Gasteiger partial charge in [0.05, 0.1) is 12.2 Å². The van der Waals surface area contributed by atoms with Gasteiger partial charge in [-0.25, -0.2) is 0 Å². The number of hydrogen-bond acceptors (Lipinski definition) is 3. The predicted molar refractivity (Wildman–Crippen MR) is 104 cm³/mol. The lowest BCUT2D eigenvalue weighted by molar-refractivity contribution is -0.116. The summed E-state index contributed by atoms with van der Waals surface area (Å²) in [4.78, 5) is 24.4. The van der Waals surface area contributed by atoms with E-state index < -0.39 is 0 Å². The highest BCUT2D eigenvalue weighted by Crippen LogP contribution is 2.20. The molecule has 0 bridgehead atoms. The van der Waals surface area contributed by atoms with Gasteiger partial charge in [-0.15, -0.1) is 0 Å². The molecule has 0 aromatic heterocycles. The van der Waals surface area contributed by atoms with Gasteiger partial charge in [0.15, 0.2) is 0 Å². The monoisotopic (exact) mass is 354 g/mol. The first-order valence-electron chi connectivity index (χ1n) is 8.89. The standard InChI is InChI=1S/C21H26N2O3/c1-4-26-18-12-6-5-11-17(18)21(25)22-14-8-13-19(24)23-20-15(2)9-7-10-16(20)3/h5-7,9-12H,4,8,13-14H2,1-3H3,(H,22,25)(H,23,24). The van der Waals surface area contributed by atoms with Gasteiger partial charge in [0.1, 0.15) is 5.75 Å². The van der Waals surface area contributed by atoms with Crippen LogP contribution in [-0.4, -0.2) is 25.0 Å². The van der Waals surface area contributed by atoms with Crippen LogP contribution in [-0.2, 0) is 4.79 Å². The van der Waals surface area contributed by atoms with Crippen molar-refractivity contribution in [2.45, 2.75) is 33.6 Å². The zero-order chi connectivity index (χ0) is 18.9. The number of carbonyl (C=O) groups excluding carboxylic acids is 2. The molecule has 2 aromatic carbocycles. The Kier molecular flexibility index (Phi) is 7.21. The van der Waals surface area contributed by atoms with Gasteiger partial charge in [-0.2, -0.15) is 0 Å². The number of rotatable bonds is 8.